The molecular formula is C19H17N3O3S. The lowest BCUT2D eigenvalue weighted by Gasteiger charge is -2.17. The summed E-state index contributed by atoms with van der Waals surface area (Å²) in [7, 11) is 0. The number of esters is 1. The van der Waals surface area contributed by atoms with Gasteiger partial charge in [-0.05, 0) is 36.8 Å². The number of hydrogen-bond acceptors (Lipinski definition) is 6. The lowest BCUT2D eigenvalue weighted by Crippen LogP contribution is -2.08. The van der Waals surface area contributed by atoms with E-state index in [1.54, 1.807) is 29.6 Å². The van der Waals surface area contributed by atoms with Gasteiger partial charge in [-0.1, -0.05) is 12.1 Å². The van der Waals surface area contributed by atoms with Crippen LogP contribution in [0.15, 0.2) is 47.6 Å². The average Bonchev–Trinajstić information content (AvgIpc) is 3.08. The number of rotatable bonds is 4. The minimum atomic E-state index is -0.414. The van der Waals surface area contributed by atoms with E-state index in [1.165, 1.54) is 0 Å². The van der Waals surface area contributed by atoms with Gasteiger partial charge < -0.3 is 9.84 Å². The Hall–Kier alpha value is -2.64. The second kappa shape index (κ2) is 6.93. The van der Waals surface area contributed by atoms with Gasteiger partial charge in [0, 0.05) is 23.1 Å². The Morgan fingerprint density at radius 1 is 1.31 bits per heavy atom. The van der Waals surface area contributed by atoms with Crippen LogP contribution in [-0.4, -0.2) is 32.4 Å². The summed E-state index contributed by atoms with van der Waals surface area (Å²) in [6.07, 6.45) is 1.76. The van der Waals surface area contributed by atoms with E-state index in [1.807, 2.05) is 36.4 Å². The number of aliphatic hydroxyl groups excluding tert-OH is 1. The monoisotopic (exact) mass is 367 g/mol. The molecule has 2 aromatic heterocycles. The van der Waals surface area contributed by atoms with E-state index in [-0.39, 0.29) is 6.61 Å². The number of aliphatic hydroxyl groups is 1. The molecule has 0 saturated heterocycles. The number of carbonyl (C=O) groups is 1. The van der Waals surface area contributed by atoms with Crippen LogP contribution in [0.25, 0.3) is 16.9 Å². The van der Waals surface area contributed by atoms with Crippen LogP contribution in [0.1, 0.15) is 28.5 Å². The first-order valence-electron chi connectivity index (χ1n) is 8.30. The molecule has 1 aromatic carbocycles. The van der Waals surface area contributed by atoms with Gasteiger partial charge in [0.1, 0.15) is 5.03 Å². The van der Waals surface area contributed by atoms with Gasteiger partial charge in [-0.15, -0.1) is 11.8 Å². The van der Waals surface area contributed by atoms with Crippen LogP contribution >= 0.6 is 11.8 Å². The number of aromatic nitrogens is 3. The van der Waals surface area contributed by atoms with Gasteiger partial charge >= 0.3 is 5.97 Å². The van der Waals surface area contributed by atoms with Gasteiger partial charge in [-0.3, -0.25) is 0 Å². The lowest BCUT2D eigenvalue weighted by molar-refractivity contribution is 0.0518. The molecule has 0 radical (unpaired) electrons. The molecule has 0 atom stereocenters. The van der Waals surface area contributed by atoms with Crippen molar-refractivity contribution in [3.05, 3.63) is 59.4 Å². The number of nitrogens with zero attached hydrogens (tertiary/aromatic N) is 3. The fourth-order valence-electron chi connectivity index (χ4n) is 2.98. The summed E-state index contributed by atoms with van der Waals surface area (Å²) in [4.78, 5) is 16.9. The molecule has 4 rings (SSSR count). The summed E-state index contributed by atoms with van der Waals surface area (Å²) in [5.41, 5.74) is 4.66. The molecular weight excluding hydrogens is 350 g/mol. The Balaban J connectivity index is 1.92. The molecule has 3 heterocycles. The fraction of sp³-hybridized carbons (Fsp3) is 0.211. The third kappa shape index (κ3) is 2.79. The van der Waals surface area contributed by atoms with E-state index in [2.05, 4.69) is 10.1 Å². The zero-order chi connectivity index (χ0) is 18.1. The maximum atomic E-state index is 12.4. The van der Waals surface area contributed by atoms with Crippen LogP contribution in [-0.2, 0) is 17.1 Å². The summed E-state index contributed by atoms with van der Waals surface area (Å²) >= 11 is 1.59. The Labute approximate surface area is 154 Å². The van der Waals surface area contributed by atoms with Crippen molar-refractivity contribution in [2.45, 2.75) is 24.3 Å². The summed E-state index contributed by atoms with van der Waals surface area (Å²) in [6, 6.07) is 11.3. The Kier molecular flexibility index (Phi) is 4.48. The number of hydrogen-bond donors (Lipinski definition) is 1. The molecule has 0 spiro atoms. The summed E-state index contributed by atoms with van der Waals surface area (Å²) in [5, 5.41) is 14.8. The predicted octanol–water partition coefficient (Wildman–Crippen LogP) is 3.21. The number of pyridine rings is 1. The van der Waals surface area contributed by atoms with E-state index < -0.39 is 5.97 Å². The van der Waals surface area contributed by atoms with Crippen molar-refractivity contribution in [2.75, 3.05) is 6.61 Å². The first-order chi connectivity index (χ1) is 12.7. The predicted molar refractivity (Wildman–Crippen MR) is 98.2 cm³/mol. The number of benzene rings is 1. The van der Waals surface area contributed by atoms with Gasteiger partial charge in [-0.2, -0.15) is 5.10 Å². The van der Waals surface area contributed by atoms with Gasteiger partial charge in [0.15, 0.2) is 5.69 Å². The van der Waals surface area contributed by atoms with Crippen molar-refractivity contribution < 1.29 is 14.6 Å². The van der Waals surface area contributed by atoms with Crippen molar-refractivity contribution in [1.82, 2.24) is 14.8 Å². The van der Waals surface area contributed by atoms with Crippen molar-refractivity contribution in [3.8, 4) is 16.9 Å². The third-order valence-electron chi connectivity index (χ3n) is 4.20. The number of fused-ring (bicyclic) bond motifs is 3. The maximum absolute atomic E-state index is 12.4. The normalized spacial score (nSPS) is 12.4. The van der Waals surface area contributed by atoms with Crippen LogP contribution in [0.5, 0.6) is 0 Å². The first-order valence-corrected chi connectivity index (χ1v) is 9.29. The SMILES string of the molecule is CCOC(=O)c1nn(-c2ccc(CO)cc2)c2c1CSc1ncccc1-2. The quantitative estimate of drug-likeness (QED) is 0.714. The van der Waals surface area contributed by atoms with Gasteiger partial charge in [0.25, 0.3) is 0 Å². The van der Waals surface area contributed by atoms with Crippen molar-refractivity contribution in [1.29, 1.82) is 0 Å². The molecule has 1 aliphatic rings. The Bertz CT molecular complexity index is 967. The molecule has 0 fully saturated rings. The summed E-state index contributed by atoms with van der Waals surface area (Å²) in [5.74, 6) is 0.199. The van der Waals surface area contributed by atoms with Crippen LogP contribution < -0.4 is 0 Å². The highest BCUT2D eigenvalue weighted by Crippen LogP contribution is 2.42. The van der Waals surface area contributed by atoms with Crippen molar-refractivity contribution in [2.24, 2.45) is 0 Å². The number of carbonyl (C=O) groups excluding carboxylic acids is 1. The van der Waals surface area contributed by atoms with Crippen LogP contribution in [0.2, 0.25) is 0 Å². The molecule has 7 heteroatoms. The minimum absolute atomic E-state index is 0.0189. The average molecular weight is 367 g/mol. The number of thioether (sulfide) groups is 1. The van der Waals surface area contributed by atoms with E-state index in [4.69, 9.17) is 4.74 Å². The molecule has 26 heavy (non-hydrogen) atoms. The molecule has 1 aliphatic heterocycles. The molecule has 1 N–H and O–H groups in total. The third-order valence-corrected chi connectivity index (χ3v) is 5.23. The second-order valence-corrected chi connectivity index (χ2v) is 6.74. The summed E-state index contributed by atoms with van der Waals surface area (Å²) < 4.78 is 6.96. The Morgan fingerprint density at radius 3 is 2.85 bits per heavy atom. The second-order valence-electron chi connectivity index (χ2n) is 5.78. The molecule has 132 valence electrons. The standard InChI is InChI=1S/C19H17N3O3S/c1-2-25-19(24)16-15-11-26-18-14(4-3-9-20-18)17(15)22(21-16)13-7-5-12(10-23)6-8-13/h3-9,23H,2,10-11H2,1H3. The van der Waals surface area contributed by atoms with E-state index >= 15 is 0 Å². The van der Waals surface area contributed by atoms with Crippen molar-refractivity contribution in [3.63, 3.8) is 0 Å². The van der Waals surface area contributed by atoms with Crippen LogP contribution in [0.3, 0.4) is 0 Å². The molecule has 0 bridgehead atoms. The molecule has 0 unspecified atom stereocenters. The zero-order valence-electron chi connectivity index (χ0n) is 14.2. The first kappa shape index (κ1) is 16.8. The lowest BCUT2D eigenvalue weighted by atomic mass is 10.1. The fourth-order valence-corrected chi connectivity index (χ4v) is 3.99. The van der Waals surface area contributed by atoms with Crippen LogP contribution in [0, 0.1) is 0 Å². The van der Waals surface area contributed by atoms with Gasteiger partial charge in [0.2, 0.25) is 0 Å². The largest absolute Gasteiger partial charge is 0.461 e. The molecule has 3 aromatic rings. The van der Waals surface area contributed by atoms with Gasteiger partial charge in [-0.25, -0.2) is 14.5 Å². The Morgan fingerprint density at radius 2 is 2.12 bits per heavy atom. The van der Waals surface area contributed by atoms with Gasteiger partial charge in [0.05, 0.1) is 24.6 Å². The molecule has 6 nitrogen and oxygen atoms in total. The van der Waals surface area contributed by atoms with E-state index in [0.29, 0.717) is 18.1 Å². The minimum Gasteiger partial charge on any atom is -0.461 e. The summed E-state index contributed by atoms with van der Waals surface area (Å²) in [6.45, 7) is 2.06. The molecule has 0 aliphatic carbocycles. The highest BCUT2D eigenvalue weighted by Gasteiger charge is 2.30. The highest BCUT2D eigenvalue weighted by molar-refractivity contribution is 7.98. The zero-order valence-corrected chi connectivity index (χ0v) is 15.0. The smallest absolute Gasteiger partial charge is 0.359 e. The van der Waals surface area contributed by atoms with Crippen LogP contribution in [0.4, 0.5) is 0 Å². The van der Waals surface area contributed by atoms with E-state index in [9.17, 15) is 9.90 Å². The number of ether oxygens (including phenoxy) is 1. The molecule has 0 amide bonds. The van der Waals surface area contributed by atoms with E-state index in [0.717, 1.165) is 33.1 Å². The highest BCUT2D eigenvalue weighted by atomic mass is 32.2. The topological polar surface area (TPSA) is 77.2 Å². The maximum Gasteiger partial charge on any atom is 0.359 e. The molecule has 0 saturated carbocycles. The van der Waals surface area contributed by atoms with Crippen molar-refractivity contribution >= 4 is 17.7 Å².